The summed E-state index contributed by atoms with van der Waals surface area (Å²) < 4.78 is 47.8. The maximum Gasteiger partial charge on any atom is 0.453 e. The molecule has 0 atom stereocenters. The quantitative estimate of drug-likeness (QED) is 0.524. The molecule has 0 radical (unpaired) electrons. The van der Waals surface area contributed by atoms with Gasteiger partial charge in [0.25, 0.3) is 5.89 Å². The van der Waals surface area contributed by atoms with E-state index in [0.29, 0.717) is 15.5 Å². The van der Waals surface area contributed by atoms with Crippen molar-refractivity contribution in [3.63, 3.8) is 0 Å². The maximum atomic E-state index is 12.6. The Balaban J connectivity index is 1.80. The van der Waals surface area contributed by atoms with Crippen LogP contribution < -0.4 is 4.74 Å². The van der Waals surface area contributed by atoms with E-state index < -0.39 is 17.9 Å². The highest BCUT2D eigenvalue weighted by molar-refractivity contribution is 7.15. The van der Waals surface area contributed by atoms with Gasteiger partial charge in [0.05, 0.1) is 23.1 Å². The molecule has 0 aliphatic rings. The molecule has 2 N–H and O–H groups in total. The molecule has 0 aliphatic heterocycles. The second-order valence-corrected chi connectivity index (χ2v) is 6.43. The summed E-state index contributed by atoms with van der Waals surface area (Å²) in [5.41, 5.74) is 0.767. The third-order valence-electron chi connectivity index (χ3n) is 3.47. The molecule has 0 amide bonds. The Morgan fingerprint density at radius 2 is 1.78 bits per heavy atom. The van der Waals surface area contributed by atoms with E-state index >= 15 is 0 Å². The molecule has 140 valence electrons. The lowest BCUT2D eigenvalue weighted by Crippen LogP contribution is -2.42. The van der Waals surface area contributed by atoms with Gasteiger partial charge in [-0.15, -0.1) is 11.3 Å². The van der Waals surface area contributed by atoms with E-state index in [0.717, 1.165) is 11.8 Å². The number of methoxy groups -OCH3 is 1. The van der Waals surface area contributed by atoms with Crippen molar-refractivity contribution in [2.24, 2.45) is 0 Å². The van der Waals surface area contributed by atoms with Crippen molar-refractivity contribution < 1.29 is 32.5 Å². The fourth-order valence-electron chi connectivity index (χ4n) is 2.02. The Kier molecular flexibility index (Phi) is 4.97. The molecule has 0 aliphatic carbocycles. The SMILES string of the molecule is COc1ccc(C#Cc2ccc(-c3cnc(C(O)(O)C(F)(F)F)o3)s2)cc1. The summed E-state index contributed by atoms with van der Waals surface area (Å²) in [7, 11) is 1.56. The second kappa shape index (κ2) is 7.08. The monoisotopic (exact) mass is 395 g/mol. The molecule has 3 aromatic rings. The van der Waals surface area contributed by atoms with Crippen LogP contribution in [0.2, 0.25) is 0 Å². The van der Waals surface area contributed by atoms with Crippen LogP contribution in [-0.2, 0) is 5.79 Å². The van der Waals surface area contributed by atoms with Gasteiger partial charge in [-0.2, -0.15) is 13.2 Å². The molecule has 2 heterocycles. The van der Waals surface area contributed by atoms with E-state index in [1.165, 1.54) is 11.3 Å². The number of ether oxygens (including phenoxy) is 1. The van der Waals surface area contributed by atoms with Crippen LogP contribution in [0, 0.1) is 11.8 Å². The summed E-state index contributed by atoms with van der Waals surface area (Å²) in [4.78, 5) is 4.42. The molecule has 2 aromatic heterocycles. The summed E-state index contributed by atoms with van der Waals surface area (Å²) in [6.07, 6.45) is -4.34. The number of rotatable bonds is 3. The highest BCUT2D eigenvalue weighted by Gasteiger charge is 2.58. The van der Waals surface area contributed by atoms with Crippen molar-refractivity contribution in [2.75, 3.05) is 7.11 Å². The number of benzene rings is 1. The molecule has 0 saturated heterocycles. The van der Waals surface area contributed by atoms with Crippen molar-refractivity contribution in [2.45, 2.75) is 12.0 Å². The minimum Gasteiger partial charge on any atom is -0.497 e. The molecular weight excluding hydrogens is 383 g/mol. The van der Waals surface area contributed by atoms with Gasteiger partial charge in [-0.3, -0.25) is 0 Å². The van der Waals surface area contributed by atoms with Gasteiger partial charge in [0.1, 0.15) is 5.75 Å². The third kappa shape index (κ3) is 3.98. The number of alkyl halides is 3. The number of aliphatic hydroxyl groups is 2. The predicted molar refractivity (Wildman–Crippen MR) is 91.0 cm³/mol. The highest BCUT2D eigenvalue weighted by Crippen LogP contribution is 2.38. The van der Waals surface area contributed by atoms with E-state index in [1.54, 1.807) is 43.5 Å². The summed E-state index contributed by atoms with van der Waals surface area (Å²) in [6.45, 7) is 0. The minimum absolute atomic E-state index is 0.0239. The van der Waals surface area contributed by atoms with Crippen LogP contribution in [0.1, 0.15) is 16.3 Å². The topological polar surface area (TPSA) is 75.7 Å². The van der Waals surface area contributed by atoms with Crippen molar-refractivity contribution >= 4 is 11.3 Å². The molecule has 0 spiro atoms. The second-order valence-electron chi connectivity index (χ2n) is 5.34. The normalized spacial score (nSPS) is 11.8. The first-order valence-corrected chi connectivity index (χ1v) is 8.26. The smallest absolute Gasteiger partial charge is 0.453 e. The van der Waals surface area contributed by atoms with Gasteiger partial charge in [-0.25, -0.2) is 4.98 Å². The summed E-state index contributed by atoms with van der Waals surface area (Å²) in [5, 5.41) is 18.4. The Morgan fingerprint density at radius 3 is 2.41 bits per heavy atom. The van der Waals surface area contributed by atoms with E-state index in [4.69, 9.17) is 9.15 Å². The van der Waals surface area contributed by atoms with Gasteiger partial charge in [0.15, 0.2) is 5.76 Å². The van der Waals surface area contributed by atoms with Gasteiger partial charge in [-0.1, -0.05) is 11.8 Å². The number of nitrogens with zero attached hydrogens (tertiary/aromatic N) is 1. The van der Waals surface area contributed by atoms with E-state index in [1.807, 2.05) is 0 Å². The van der Waals surface area contributed by atoms with Crippen LogP contribution in [0.3, 0.4) is 0 Å². The minimum atomic E-state index is -5.33. The molecule has 0 bridgehead atoms. The van der Waals surface area contributed by atoms with Crippen molar-refractivity contribution in [1.29, 1.82) is 0 Å². The van der Waals surface area contributed by atoms with E-state index in [2.05, 4.69) is 16.8 Å². The fourth-order valence-corrected chi connectivity index (χ4v) is 2.82. The first-order valence-electron chi connectivity index (χ1n) is 7.45. The van der Waals surface area contributed by atoms with Gasteiger partial charge in [0, 0.05) is 5.56 Å². The lowest BCUT2D eigenvalue weighted by molar-refractivity contribution is -0.366. The van der Waals surface area contributed by atoms with Crippen LogP contribution >= 0.6 is 11.3 Å². The number of hydrogen-bond donors (Lipinski definition) is 2. The van der Waals surface area contributed by atoms with Crippen molar-refractivity contribution in [3.8, 4) is 28.2 Å². The lowest BCUT2D eigenvalue weighted by atomic mass is 10.2. The number of aromatic nitrogens is 1. The summed E-state index contributed by atoms with van der Waals surface area (Å²) >= 11 is 1.17. The first-order chi connectivity index (χ1) is 12.7. The molecule has 9 heteroatoms. The van der Waals surface area contributed by atoms with Gasteiger partial charge >= 0.3 is 12.0 Å². The van der Waals surface area contributed by atoms with Gasteiger partial charge in [-0.05, 0) is 36.4 Å². The summed E-state index contributed by atoms with van der Waals surface area (Å²) in [5.74, 6) is 1.18. The average Bonchev–Trinajstić information content (AvgIpc) is 3.29. The van der Waals surface area contributed by atoms with Crippen LogP contribution in [0.5, 0.6) is 5.75 Å². The largest absolute Gasteiger partial charge is 0.497 e. The summed E-state index contributed by atoms with van der Waals surface area (Å²) in [6, 6.07) is 10.4. The zero-order chi connectivity index (χ0) is 19.7. The Morgan fingerprint density at radius 1 is 1.07 bits per heavy atom. The third-order valence-corrected chi connectivity index (χ3v) is 4.48. The van der Waals surface area contributed by atoms with Crippen molar-refractivity contribution in [3.05, 3.63) is 58.9 Å². The highest BCUT2D eigenvalue weighted by atomic mass is 32.1. The number of oxazole rings is 1. The van der Waals surface area contributed by atoms with Crippen LogP contribution in [0.25, 0.3) is 10.6 Å². The molecular formula is C18H12F3NO4S. The predicted octanol–water partition coefficient (Wildman–Crippen LogP) is 3.51. The van der Waals surface area contributed by atoms with Crippen LogP contribution in [0.4, 0.5) is 13.2 Å². The molecule has 27 heavy (non-hydrogen) atoms. The molecule has 0 unspecified atom stereocenters. The molecule has 0 saturated carbocycles. The number of thiophene rings is 1. The number of hydrogen-bond acceptors (Lipinski definition) is 6. The fraction of sp³-hybridized carbons (Fsp3) is 0.167. The van der Waals surface area contributed by atoms with E-state index in [9.17, 15) is 23.4 Å². The first kappa shape index (κ1) is 19.0. The van der Waals surface area contributed by atoms with E-state index in [-0.39, 0.29) is 5.76 Å². The lowest BCUT2D eigenvalue weighted by Gasteiger charge is -2.20. The Bertz CT molecular complexity index is 994. The van der Waals surface area contributed by atoms with Crippen LogP contribution in [-0.4, -0.2) is 28.5 Å². The Hall–Kier alpha value is -2.80. The molecule has 5 nitrogen and oxygen atoms in total. The number of halogens is 3. The standard InChI is InChI=1S/C18H12F3NO4S/c1-25-12-5-2-11(3-6-12)4-7-13-8-9-15(27-13)14-10-22-16(26-14)17(23,24)18(19,20)21/h2-3,5-6,8-10,23-24H,1H3. The zero-order valence-corrected chi connectivity index (χ0v) is 14.6. The molecule has 3 rings (SSSR count). The van der Waals surface area contributed by atoms with Crippen LogP contribution in [0.15, 0.2) is 47.0 Å². The Labute approximate surface area is 155 Å². The van der Waals surface area contributed by atoms with Gasteiger partial charge in [0.2, 0.25) is 0 Å². The zero-order valence-electron chi connectivity index (χ0n) is 13.7. The average molecular weight is 395 g/mol. The molecule has 1 aromatic carbocycles. The van der Waals surface area contributed by atoms with Gasteiger partial charge < -0.3 is 19.4 Å². The van der Waals surface area contributed by atoms with Crippen molar-refractivity contribution in [1.82, 2.24) is 4.98 Å². The molecule has 0 fully saturated rings. The maximum absolute atomic E-state index is 12.6.